The van der Waals surface area contributed by atoms with Crippen molar-refractivity contribution in [3.05, 3.63) is 64.7 Å². The molecule has 21 heavy (non-hydrogen) atoms. The van der Waals surface area contributed by atoms with E-state index in [0.29, 0.717) is 24.3 Å². The van der Waals surface area contributed by atoms with Crippen LogP contribution in [-0.2, 0) is 6.54 Å². The number of benzene rings is 2. The first-order chi connectivity index (χ1) is 10.0. The quantitative estimate of drug-likeness (QED) is 0.872. The van der Waals surface area contributed by atoms with Crippen LogP contribution in [0.2, 0.25) is 0 Å². The summed E-state index contributed by atoms with van der Waals surface area (Å²) in [5.74, 6) is -0.0137. The Morgan fingerprint density at radius 2 is 1.86 bits per heavy atom. The van der Waals surface area contributed by atoms with Gasteiger partial charge in [0, 0.05) is 18.8 Å². The molecule has 2 rings (SSSR count). The number of nitrogens with zero attached hydrogens (tertiary/aromatic N) is 1. The van der Waals surface area contributed by atoms with Gasteiger partial charge in [-0.2, -0.15) is 0 Å². The van der Waals surface area contributed by atoms with Gasteiger partial charge in [0.05, 0.1) is 5.56 Å². The second-order valence-electron chi connectivity index (χ2n) is 5.34. The van der Waals surface area contributed by atoms with Gasteiger partial charge in [-0.05, 0) is 38.0 Å². The molecule has 0 aliphatic carbocycles. The van der Waals surface area contributed by atoms with Crippen molar-refractivity contribution in [2.75, 3.05) is 12.3 Å². The summed E-state index contributed by atoms with van der Waals surface area (Å²) in [4.78, 5) is 14.5. The molecular formula is C18H22N2O. The monoisotopic (exact) mass is 282 g/mol. The van der Waals surface area contributed by atoms with E-state index >= 15 is 0 Å². The van der Waals surface area contributed by atoms with Crippen molar-refractivity contribution in [2.45, 2.75) is 27.3 Å². The Bertz CT molecular complexity index is 649. The van der Waals surface area contributed by atoms with Crippen LogP contribution in [0.4, 0.5) is 5.69 Å². The predicted octanol–water partition coefficient (Wildman–Crippen LogP) is 3.55. The molecule has 0 saturated heterocycles. The third-order valence-electron chi connectivity index (χ3n) is 3.68. The van der Waals surface area contributed by atoms with Crippen LogP contribution in [0.25, 0.3) is 0 Å². The molecular weight excluding hydrogens is 260 g/mol. The largest absolute Gasteiger partial charge is 0.398 e. The fourth-order valence-corrected chi connectivity index (χ4v) is 2.40. The number of carbonyl (C=O) groups excluding carboxylic acids is 1. The lowest BCUT2D eigenvalue weighted by Crippen LogP contribution is -2.31. The lowest BCUT2D eigenvalue weighted by molar-refractivity contribution is 0.0753. The number of amides is 1. The Kier molecular flexibility index (Phi) is 4.63. The first-order valence-electron chi connectivity index (χ1n) is 7.22. The average Bonchev–Trinajstić information content (AvgIpc) is 2.47. The van der Waals surface area contributed by atoms with Gasteiger partial charge in [-0.25, -0.2) is 0 Å². The van der Waals surface area contributed by atoms with Crippen LogP contribution in [0.1, 0.15) is 34.0 Å². The average molecular weight is 282 g/mol. The minimum atomic E-state index is -0.0137. The van der Waals surface area contributed by atoms with Gasteiger partial charge in [-0.1, -0.05) is 42.0 Å². The molecule has 3 nitrogen and oxygen atoms in total. The van der Waals surface area contributed by atoms with Crippen LogP contribution >= 0.6 is 0 Å². The first-order valence-corrected chi connectivity index (χ1v) is 7.22. The van der Waals surface area contributed by atoms with Gasteiger partial charge in [0.2, 0.25) is 0 Å². The van der Waals surface area contributed by atoms with Crippen molar-refractivity contribution in [3.8, 4) is 0 Å². The van der Waals surface area contributed by atoms with Crippen LogP contribution < -0.4 is 5.73 Å². The van der Waals surface area contributed by atoms with E-state index in [1.165, 1.54) is 5.56 Å². The van der Waals surface area contributed by atoms with E-state index in [-0.39, 0.29) is 5.91 Å². The number of rotatable bonds is 4. The number of hydrogen-bond donors (Lipinski definition) is 1. The highest BCUT2D eigenvalue weighted by Gasteiger charge is 2.17. The number of carbonyl (C=O) groups is 1. The van der Waals surface area contributed by atoms with Crippen LogP contribution in [-0.4, -0.2) is 17.4 Å². The number of nitrogen functional groups attached to an aromatic ring is 1. The molecule has 1 amide bonds. The van der Waals surface area contributed by atoms with Crippen molar-refractivity contribution in [1.29, 1.82) is 0 Å². The van der Waals surface area contributed by atoms with Crippen molar-refractivity contribution >= 4 is 11.6 Å². The van der Waals surface area contributed by atoms with Crippen molar-refractivity contribution in [3.63, 3.8) is 0 Å². The molecule has 0 spiro atoms. The normalized spacial score (nSPS) is 10.4. The van der Waals surface area contributed by atoms with Gasteiger partial charge in [0.1, 0.15) is 0 Å². The summed E-state index contributed by atoms with van der Waals surface area (Å²) in [5.41, 5.74) is 10.5. The molecule has 0 bridgehead atoms. The summed E-state index contributed by atoms with van der Waals surface area (Å²) in [6, 6.07) is 13.8. The molecule has 0 radical (unpaired) electrons. The van der Waals surface area contributed by atoms with Gasteiger partial charge >= 0.3 is 0 Å². The van der Waals surface area contributed by atoms with Gasteiger partial charge in [0.25, 0.3) is 5.91 Å². The Balaban J connectivity index is 2.25. The van der Waals surface area contributed by atoms with E-state index in [1.54, 1.807) is 6.07 Å². The van der Waals surface area contributed by atoms with Gasteiger partial charge in [-0.3, -0.25) is 4.79 Å². The molecule has 0 saturated carbocycles. The zero-order chi connectivity index (χ0) is 15.4. The summed E-state index contributed by atoms with van der Waals surface area (Å²) in [6.07, 6.45) is 0. The molecule has 0 atom stereocenters. The summed E-state index contributed by atoms with van der Waals surface area (Å²) in [7, 11) is 0. The lowest BCUT2D eigenvalue weighted by Gasteiger charge is -2.22. The summed E-state index contributed by atoms with van der Waals surface area (Å²) < 4.78 is 0. The number of hydrogen-bond acceptors (Lipinski definition) is 2. The summed E-state index contributed by atoms with van der Waals surface area (Å²) >= 11 is 0. The van der Waals surface area contributed by atoms with Crippen molar-refractivity contribution < 1.29 is 4.79 Å². The molecule has 3 heteroatoms. The standard InChI is InChI=1S/C18H22N2O/c1-4-20(12-15-9-5-7-13(2)11-15)18(21)16-10-6-8-14(3)17(16)19/h5-11H,4,12,19H2,1-3H3. The van der Waals surface area contributed by atoms with Crippen LogP contribution in [0.3, 0.4) is 0 Å². The third kappa shape index (κ3) is 3.43. The van der Waals surface area contributed by atoms with E-state index < -0.39 is 0 Å². The van der Waals surface area contributed by atoms with Crippen molar-refractivity contribution in [2.24, 2.45) is 0 Å². The molecule has 0 aromatic heterocycles. The lowest BCUT2D eigenvalue weighted by atomic mass is 10.1. The van der Waals surface area contributed by atoms with Gasteiger partial charge in [-0.15, -0.1) is 0 Å². The van der Waals surface area contributed by atoms with E-state index in [4.69, 9.17) is 5.73 Å². The number of nitrogens with two attached hydrogens (primary N) is 1. The Morgan fingerprint density at radius 1 is 1.14 bits per heavy atom. The highest BCUT2D eigenvalue weighted by Crippen LogP contribution is 2.19. The maximum absolute atomic E-state index is 12.7. The van der Waals surface area contributed by atoms with E-state index in [1.807, 2.05) is 43.0 Å². The van der Waals surface area contributed by atoms with Crippen LogP contribution in [0, 0.1) is 13.8 Å². The smallest absolute Gasteiger partial charge is 0.256 e. The molecule has 110 valence electrons. The van der Waals surface area contributed by atoms with E-state index in [9.17, 15) is 4.79 Å². The van der Waals surface area contributed by atoms with E-state index in [2.05, 4.69) is 19.1 Å². The van der Waals surface area contributed by atoms with Gasteiger partial charge in [0.15, 0.2) is 0 Å². The fraction of sp³-hybridized carbons (Fsp3) is 0.278. The number of aryl methyl sites for hydroxylation is 2. The minimum absolute atomic E-state index is 0.0137. The molecule has 0 fully saturated rings. The third-order valence-corrected chi connectivity index (χ3v) is 3.68. The molecule has 0 aliphatic rings. The number of para-hydroxylation sites is 1. The van der Waals surface area contributed by atoms with Crippen molar-refractivity contribution in [1.82, 2.24) is 4.90 Å². The maximum Gasteiger partial charge on any atom is 0.256 e. The molecule has 0 heterocycles. The Morgan fingerprint density at radius 3 is 2.52 bits per heavy atom. The molecule has 2 aromatic rings. The highest BCUT2D eigenvalue weighted by atomic mass is 16.2. The van der Waals surface area contributed by atoms with Crippen LogP contribution in [0.15, 0.2) is 42.5 Å². The first kappa shape index (κ1) is 15.1. The number of anilines is 1. The van der Waals surface area contributed by atoms with E-state index in [0.717, 1.165) is 11.1 Å². The summed E-state index contributed by atoms with van der Waals surface area (Å²) in [5, 5.41) is 0. The topological polar surface area (TPSA) is 46.3 Å². The Labute approximate surface area is 126 Å². The van der Waals surface area contributed by atoms with Gasteiger partial charge < -0.3 is 10.6 Å². The molecule has 0 unspecified atom stereocenters. The molecule has 2 N–H and O–H groups in total. The molecule has 0 aliphatic heterocycles. The second-order valence-corrected chi connectivity index (χ2v) is 5.34. The molecule has 2 aromatic carbocycles. The summed E-state index contributed by atoms with van der Waals surface area (Å²) in [6.45, 7) is 7.22. The Hall–Kier alpha value is -2.29. The fourth-order valence-electron chi connectivity index (χ4n) is 2.40. The predicted molar refractivity (Wildman–Crippen MR) is 87.2 cm³/mol. The zero-order valence-electron chi connectivity index (χ0n) is 12.9. The zero-order valence-corrected chi connectivity index (χ0v) is 12.9. The minimum Gasteiger partial charge on any atom is -0.398 e. The highest BCUT2D eigenvalue weighted by molar-refractivity contribution is 5.99. The SMILES string of the molecule is CCN(Cc1cccc(C)c1)C(=O)c1cccc(C)c1N. The maximum atomic E-state index is 12.7. The second kappa shape index (κ2) is 6.44. The van der Waals surface area contributed by atoms with Crippen LogP contribution in [0.5, 0.6) is 0 Å².